The van der Waals surface area contributed by atoms with Crippen molar-refractivity contribution in [2.24, 2.45) is 40.4 Å². The number of hydrogen-bond donors (Lipinski definition) is 0. The summed E-state index contributed by atoms with van der Waals surface area (Å²) in [4.78, 5) is 0. The molecule has 0 radical (unpaired) electrons. The van der Waals surface area contributed by atoms with Crippen LogP contribution in [0.2, 0.25) is 11.1 Å². The molecular weight excluding hydrogens is 533 g/mol. The monoisotopic (exact) mass is 586 g/mol. The Balaban J connectivity index is 1.63. The Morgan fingerprint density at radius 1 is 0.698 bits per heavy atom. The van der Waals surface area contributed by atoms with Gasteiger partial charge in [0.1, 0.15) is 8.07 Å². The zero-order chi connectivity index (χ0) is 30.4. The van der Waals surface area contributed by atoms with E-state index in [1.807, 2.05) is 0 Å². The van der Waals surface area contributed by atoms with E-state index in [1.165, 1.54) is 36.8 Å². The van der Waals surface area contributed by atoms with Gasteiger partial charge in [-0.2, -0.15) is 0 Å². The first-order valence-electron chi connectivity index (χ1n) is 17.1. The lowest BCUT2D eigenvalue weighted by molar-refractivity contribution is 0.433. The van der Waals surface area contributed by atoms with Crippen molar-refractivity contribution in [2.75, 3.05) is 0 Å². The number of fused-ring (bicyclic) bond motifs is 3. The third kappa shape index (κ3) is 5.45. The summed E-state index contributed by atoms with van der Waals surface area (Å²) in [5, 5.41) is 3.33. The van der Waals surface area contributed by atoms with Crippen LogP contribution in [0.4, 0.5) is 0 Å². The first-order valence-corrected chi connectivity index (χ1v) is 19.2. The summed E-state index contributed by atoms with van der Waals surface area (Å²) in [5.74, 6) is 3.04. The van der Waals surface area contributed by atoms with Crippen LogP contribution < -0.4 is 10.4 Å². The largest absolute Gasteiger partial charge is 0.125 e. The van der Waals surface area contributed by atoms with Crippen molar-refractivity contribution in [3.05, 3.63) is 121 Å². The van der Waals surface area contributed by atoms with Crippen molar-refractivity contribution in [1.82, 2.24) is 0 Å². The van der Waals surface area contributed by atoms with Crippen molar-refractivity contribution in [1.29, 1.82) is 0 Å². The van der Waals surface area contributed by atoms with Gasteiger partial charge in [-0.1, -0.05) is 168 Å². The molecule has 4 aliphatic carbocycles. The van der Waals surface area contributed by atoms with Crippen LogP contribution >= 0.6 is 0 Å². The quantitative estimate of drug-likeness (QED) is 0.224. The predicted molar refractivity (Wildman–Crippen MR) is 189 cm³/mol. The molecule has 0 spiro atoms. The minimum Gasteiger partial charge on any atom is -0.103 e. The summed E-state index contributed by atoms with van der Waals surface area (Å²) in [6.07, 6.45) is 24.5. The first kappa shape index (κ1) is 30.4. The average molecular weight is 587 g/mol. The van der Waals surface area contributed by atoms with Crippen molar-refractivity contribution in [3.63, 3.8) is 0 Å². The van der Waals surface area contributed by atoms with Crippen LogP contribution in [0.5, 0.6) is 0 Å². The standard InChI is InChI=1S/C42H54Si/c1-8-9-16-30-21-24-35(27-30)43(33-17-12-10-13-18-33,34-19-14-11-15-20-34)40-38-28-31(41(2,3)4)22-25-36(38)37-26-23-32(29-39(37)40)42(5,6)7/h8,10-15,17-20,22-23,25-26,28-30,35-40H,1,9,16,21,24,27H2,2-7H3. The van der Waals surface area contributed by atoms with Gasteiger partial charge < -0.3 is 0 Å². The predicted octanol–water partition coefficient (Wildman–Crippen LogP) is 10.3. The molecular formula is C42H54Si. The molecule has 6 unspecified atom stereocenters. The molecule has 4 aliphatic rings. The maximum absolute atomic E-state index is 4.07. The summed E-state index contributed by atoms with van der Waals surface area (Å²) >= 11 is 0. The van der Waals surface area contributed by atoms with E-state index in [9.17, 15) is 0 Å². The molecule has 1 heteroatoms. The van der Waals surface area contributed by atoms with E-state index < -0.39 is 8.07 Å². The molecule has 0 N–H and O–H groups in total. The third-order valence-electron chi connectivity index (χ3n) is 11.6. The van der Waals surface area contributed by atoms with Crippen molar-refractivity contribution in [3.8, 4) is 0 Å². The van der Waals surface area contributed by atoms with Crippen LogP contribution in [0, 0.1) is 40.4 Å². The topological polar surface area (TPSA) is 0 Å². The molecule has 2 aromatic rings. The van der Waals surface area contributed by atoms with E-state index in [0.29, 0.717) is 29.2 Å². The lowest BCUT2D eigenvalue weighted by Gasteiger charge is -2.48. The highest BCUT2D eigenvalue weighted by Crippen LogP contribution is 2.63. The molecule has 0 aromatic heterocycles. The van der Waals surface area contributed by atoms with Gasteiger partial charge in [0.05, 0.1) is 0 Å². The zero-order valence-electron chi connectivity index (χ0n) is 27.6. The van der Waals surface area contributed by atoms with E-state index in [-0.39, 0.29) is 10.8 Å². The molecule has 0 nitrogen and oxygen atoms in total. The molecule has 43 heavy (non-hydrogen) atoms. The average Bonchev–Trinajstić information content (AvgIpc) is 3.60. The minimum atomic E-state index is -2.34. The SMILES string of the molecule is C=CCCC1CCC([Si](c2ccccc2)(c2ccccc2)C2C3C=C(C(C)(C)C)C=CC3C3C=CC(C(C)(C)C)=CC32)C1. The van der Waals surface area contributed by atoms with Crippen LogP contribution in [0.25, 0.3) is 0 Å². The van der Waals surface area contributed by atoms with Gasteiger partial charge in [-0.15, -0.1) is 6.58 Å². The normalized spacial score (nSPS) is 30.4. The maximum Gasteiger partial charge on any atom is 0.125 e. The van der Waals surface area contributed by atoms with Crippen LogP contribution in [0.1, 0.15) is 73.6 Å². The fraction of sp³-hybridized carbons (Fsp3) is 0.476. The lowest BCUT2D eigenvalue weighted by Crippen LogP contribution is -2.66. The number of hydrogen-bond acceptors (Lipinski definition) is 0. The minimum absolute atomic E-state index is 0.148. The molecule has 6 rings (SSSR count). The fourth-order valence-electron chi connectivity index (χ4n) is 9.58. The Hall–Kier alpha value is -2.64. The highest BCUT2D eigenvalue weighted by molar-refractivity contribution is 7.04. The van der Waals surface area contributed by atoms with E-state index >= 15 is 0 Å². The fourth-order valence-corrected chi connectivity index (χ4v) is 16.8. The molecule has 226 valence electrons. The molecule has 2 saturated carbocycles. The van der Waals surface area contributed by atoms with Crippen molar-refractivity contribution >= 4 is 18.4 Å². The summed E-state index contributed by atoms with van der Waals surface area (Å²) in [5.41, 5.74) is 4.71. The Morgan fingerprint density at radius 3 is 1.63 bits per heavy atom. The third-order valence-corrected chi connectivity index (χ3v) is 17.8. The second-order valence-electron chi connectivity index (χ2n) is 16.1. The molecule has 0 saturated heterocycles. The molecule has 6 atom stereocenters. The van der Waals surface area contributed by atoms with E-state index in [1.54, 1.807) is 10.4 Å². The Morgan fingerprint density at radius 2 is 1.19 bits per heavy atom. The number of rotatable bonds is 7. The Kier molecular flexibility index (Phi) is 8.27. The summed E-state index contributed by atoms with van der Waals surface area (Å²) in [6.45, 7) is 18.5. The summed E-state index contributed by atoms with van der Waals surface area (Å²) in [6, 6.07) is 24.0. The van der Waals surface area contributed by atoms with Crippen molar-refractivity contribution < 1.29 is 0 Å². The van der Waals surface area contributed by atoms with Gasteiger partial charge in [-0.05, 0) is 81.9 Å². The molecule has 0 aliphatic heterocycles. The highest BCUT2D eigenvalue weighted by atomic mass is 28.3. The van der Waals surface area contributed by atoms with E-state index in [4.69, 9.17) is 0 Å². The van der Waals surface area contributed by atoms with Gasteiger partial charge >= 0.3 is 0 Å². The molecule has 0 heterocycles. The Bertz CT molecular complexity index is 1320. The van der Waals surface area contributed by atoms with Crippen LogP contribution in [-0.2, 0) is 0 Å². The smallest absolute Gasteiger partial charge is 0.103 e. The van der Waals surface area contributed by atoms with Gasteiger partial charge in [-0.3, -0.25) is 0 Å². The maximum atomic E-state index is 4.07. The second-order valence-corrected chi connectivity index (χ2v) is 20.5. The molecule has 0 amide bonds. The highest BCUT2D eigenvalue weighted by Gasteiger charge is 2.62. The van der Waals surface area contributed by atoms with Crippen molar-refractivity contribution in [2.45, 2.75) is 84.7 Å². The summed E-state index contributed by atoms with van der Waals surface area (Å²) < 4.78 is 0. The van der Waals surface area contributed by atoms with Crippen LogP contribution in [-0.4, -0.2) is 8.07 Å². The van der Waals surface area contributed by atoms with E-state index in [2.05, 4.69) is 151 Å². The van der Waals surface area contributed by atoms with E-state index in [0.717, 1.165) is 17.9 Å². The van der Waals surface area contributed by atoms with Gasteiger partial charge in [0, 0.05) is 0 Å². The van der Waals surface area contributed by atoms with Gasteiger partial charge in [0.2, 0.25) is 0 Å². The van der Waals surface area contributed by atoms with Crippen LogP contribution in [0.15, 0.2) is 121 Å². The van der Waals surface area contributed by atoms with Gasteiger partial charge in [0.15, 0.2) is 0 Å². The number of benzene rings is 2. The van der Waals surface area contributed by atoms with Gasteiger partial charge in [-0.25, -0.2) is 0 Å². The number of allylic oxidation sites excluding steroid dienone is 9. The molecule has 2 aromatic carbocycles. The Labute approximate surface area is 263 Å². The zero-order valence-corrected chi connectivity index (χ0v) is 28.6. The second kappa shape index (κ2) is 11.7. The molecule has 0 bridgehead atoms. The van der Waals surface area contributed by atoms with Gasteiger partial charge in [0.25, 0.3) is 0 Å². The molecule has 2 fully saturated rings. The first-order chi connectivity index (χ1) is 20.5. The van der Waals surface area contributed by atoms with Crippen LogP contribution in [0.3, 0.4) is 0 Å². The lowest BCUT2D eigenvalue weighted by atomic mass is 9.74. The summed E-state index contributed by atoms with van der Waals surface area (Å²) in [7, 11) is -2.34.